The van der Waals surface area contributed by atoms with Gasteiger partial charge in [-0.15, -0.1) is 0 Å². The Kier molecular flexibility index (Phi) is 16.1. The number of hydrogen-bond donors (Lipinski definition) is 0. The SMILES string of the molecule is CCCCCCCCCCN(CCCCCCCCCC)S(=O)(=O)c1cc[c]cc1. The molecule has 0 aliphatic heterocycles. The van der Waals surface area contributed by atoms with Gasteiger partial charge in [-0.05, 0) is 31.0 Å². The van der Waals surface area contributed by atoms with E-state index in [0.717, 1.165) is 25.7 Å². The molecule has 173 valence electrons. The van der Waals surface area contributed by atoms with Crippen molar-refractivity contribution in [2.75, 3.05) is 13.1 Å². The van der Waals surface area contributed by atoms with Gasteiger partial charge in [-0.2, -0.15) is 4.31 Å². The summed E-state index contributed by atoms with van der Waals surface area (Å²) in [4.78, 5) is 0.403. The van der Waals surface area contributed by atoms with E-state index in [9.17, 15) is 8.42 Å². The summed E-state index contributed by atoms with van der Waals surface area (Å²) in [5.41, 5.74) is 0. The first-order valence-electron chi connectivity index (χ1n) is 12.6. The van der Waals surface area contributed by atoms with Crippen molar-refractivity contribution in [2.45, 2.75) is 121 Å². The predicted molar refractivity (Wildman–Crippen MR) is 129 cm³/mol. The molecule has 0 aliphatic carbocycles. The quantitative estimate of drug-likeness (QED) is 0.196. The highest BCUT2D eigenvalue weighted by molar-refractivity contribution is 7.89. The monoisotopic (exact) mass is 436 g/mol. The van der Waals surface area contributed by atoms with Crippen LogP contribution in [0.4, 0.5) is 0 Å². The third-order valence-corrected chi connectivity index (χ3v) is 7.76. The molecule has 0 spiro atoms. The van der Waals surface area contributed by atoms with Crippen LogP contribution in [0.2, 0.25) is 0 Å². The van der Waals surface area contributed by atoms with Crippen molar-refractivity contribution in [1.29, 1.82) is 0 Å². The molecule has 30 heavy (non-hydrogen) atoms. The van der Waals surface area contributed by atoms with Crippen molar-refractivity contribution in [1.82, 2.24) is 4.31 Å². The lowest BCUT2D eigenvalue weighted by Gasteiger charge is -2.22. The molecule has 0 saturated heterocycles. The second-order valence-electron chi connectivity index (χ2n) is 8.59. The summed E-state index contributed by atoms with van der Waals surface area (Å²) in [6.45, 7) is 5.78. The first-order valence-corrected chi connectivity index (χ1v) is 14.0. The molecule has 1 radical (unpaired) electrons. The highest BCUT2D eigenvalue weighted by atomic mass is 32.2. The molecule has 0 unspecified atom stereocenters. The van der Waals surface area contributed by atoms with Crippen molar-refractivity contribution in [3.8, 4) is 0 Å². The number of benzene rings is 1. The topological polar surface area (TPSA) is 37.4 Å². The van der Waals surface area contributed by atoms with E-state index < -0.39 is 10.0 Å². The number of unbranched alkanes of at least 4 members (excludes halogenated alkanes) is 14. The highest BCUT2D eigenvalue weighted by Gasteiger charge is 2.23. The standard InChI is InChI=1S/C26H46NO2S/c1-3-5-7-9-11-13-15-20-24-27(25-21-16-14-12-10-8-6-4-2)30(28,29)26-22-18-17-19-23-26/h18-19,22-23H,3-16,20-21,24-25H2,1-2H3. The van der Waals surface area contributed by atoms with Gasteiger partial charge in [0.05, 0.1) is 4.90 Å². The van der Waals surface area contributed by atoms with E-state index in [4.69, 9.17) is 0 Å². The van der Waals surface area contributed by atoms with Gasteiger partial charge >= 0.3 is 0 Å². The molecule has 0 atom stereocenters. The number of hydrogen-bond acceptors (Lipinski definition) is 2. The van der Waals surface area contributed by atoms with Gasteiger partial charge < -0.3 is 0 Å². The van der Waals surface area contributed by atoms with Crippen LogP contribution in [0.15, 0.2) is 29.2 Å². The lowest BCUT2D eigenvalue weighted by molar-refractivity contribution is 0.383. The van der Waals surface area contributed by atoms with Crippen LogP contribution in [0.3, 0.4) is 0 Å². The van der Waals surface area contributed by atoms with E-state index in [1.165, 1.54) is 77.0 Å². The molecule has 0 fully saturated rings. The minimum atomic E-state index is -3.40. The third kappa shape index (κ3) is 12.1. The molecule has 3 nitrogen and oxygen atoms in total. The van der Waals surface area contributed by atoms with Crippen LogP contribution >= 0.6 is 0 Å². The molecular formula is C26H46NO2S. The largest absolute Gasteiger partial charge is 0.243 e. The maximum atomic E-state index is 13.1. The van der Waals surface area contributed by atoms with Crippen molar-refractivity contribution in [3.05, 3.63) is 30.3 Å². The van der Waals surface area contributed by atoms with E-state index in [-0.39, 0.29) is 0 Å². The zero-order valence-electron chi connectivity index (χ0n) is 19.7. The summed E-state index contributed by atoms with van der Waals surface area (Å²) in [5.74, 6) is 0. The molecule has 0 amide bonds. The second kappa shape index (κ2) is 17.8. The zero-order chi connectivity index (χ0) is 21.9. The normalized spacial score (nSPS) is 12.0. The minimum absolute atomic E-state index is 0.403. The molecule has 0 aromatic heterocycles. The van der Waals surface area contributed by atoms with Gasteiger partial charge in [0.2, 0.25) is 10.0 Å². The zero-order valence-corrected chi connectivity index (χ0v) is 20.5. The Labute approximate surface area is 187 Å². The van der Waals surface area contributed by atoms with Gasteiger partial charge in [0.15, 0.2) is 0 Å². The Balaban J connectivity index is 2.42. The number of nitrogens with zero attached hydrogens (tertiary/aromatic N) is 1. The summed E-state index contributed by atoms with van der Waals surface area (Å²) in [6, 6.07) is 9.65. The van der Waals surface area contributed by atoms with Crippen LogP contribution < -0.4 is 0 Å². The van der Waals surface area contributed by atoms with E-state index in [2.05, 4.69) is 19.9 Å². The highest BCUT2D eigenvalue weighted by Crippen LogP contribution is 2.18. The van der Waals surface area contributed by atoms with E-state index in [1.807, 2.05) is 0 Å². The molecule has 1 aromatic rings. The van der Waals surface area contributed by atoms with Crippen molar-refractivity contribution >= 4 is 10.0 Å². The average molecular weight is 437 g/mol. The average Bonchev–Trinajstić information content (AvgIpc) is 2.76. The molecular weight excluding hydrogens is 390 g/mol. The Morgan fingerprint density at radius 3 is 1.40 bits per heavy atom. The van der Waals surface area contributed by atoms with Gasteiger partial charge in [-0.25, -0.2) is 8.42 Å². The predicted octanol–water partition coefficient (Wildman–Crippen LogP) is 7.76. The Bertz CT molecular complexity index is 581. The summed E-state index contributed by atoms with van der Waals surface area (Å²) in [6.07, 6.45) is 19.7. The fourth-order valence-corrected chi connectivity index (χ4v) is 5.41. The van der Waals surface area contributed by atoms with E-state index in [1.54, 1.807) is 28.6 Å². The maximum absolute atomic E-state index is 13.1. The van der Waals surface area contributed by atoms with Crippen LogP contribution in [0.1, 0.15) is 117 Å². The molecule has 0 heterocycles. The van der Waals surface area contributed by atoms with Crippen molar-refractivity contribution in [3.63, 3.8) is 0 Å². The van der Waals surface area contributed by atoms with Gasteiger partial charge in [0.25, 0.3) is 0 Å². The fraction of sp³-hybridized carbons (Fsp3) is 0.769. The molecule has 0 aliphatic rings. The van der Waals surface area contributed by atoms with Crippen LogP contribution in [-0.2, 0) is 10.0 Å². The van der Waals surface area contributed by atoms with Crippen molar-refractivity contribution in [2.24, 2.45) is 0 Å². The molecule has 1 rings (SSSR count). The Hall–Kier alpha value is -0.870. The van der Waals surface area contributed by atoms with Crippen molar-refractivity contribution < 1.29 is 8.42 Å². The molecule has 0 bridgehead atoms. The summed E-state index contributed by atoms with van der Waals surface area (Å²) < 4.78 is 28.0. The molecule has 4 heteroatoms. The minimum Gasteiger partial charge on any atom is -0.207 e. The molecule has 0 saturated carbocycles. The summed E-state index contributed by atoms with van der Waals surface area (Å²) >= 11 is 0. The number of rotatable bonds is 20. The van der Waals surface area contributed by atoms with Gasteiger partial charge in [0.1, 0.15) is 0 Å². The third-order valence-electron chi connectivity index (χ3n) is 5.85. The van der Waals surface area contributed by atoms with Crippen LogP contribution in [-0.4, -0.2) is 25.8 Å². The van der Waals surface area contributed by atoms with Gasteiger partial charge in [0, 0.05) is 13.1 Å². The lowest BCUT2D eigenvalue weighted by Crippen LogP contribution is -2.33. The Morgan fingerprint density at radius 2 is 1.00 bits per heavy atom. The Morgan fingerprint density at radius 1 is 0.633 bits per heavy atom. The van der Waals surface area contributed by atoms with Crippen LogP contribution in [0.25, 0.3) is 0 Å². The van der Waals surface area contributed by atoms with Gasteiger partial charge in [-0.3, -0.25) is 0 Å². The van der Waals surface area contributed by atoms with Crippen LogP contribution in [0.5, 0.6) is 0 Å². The van der Waals surface area contributed by atoms with Crippen LogP contribution in [0, 0.1) is 6.07 Å². The first kappa shape index (κ1) is 27.2. The second-order valence-corrected chi connectivity index (χ2v) is 10.5. The van der Waals surface area contributed by atoms with E-state index in [0.29, 0.717) is 18.0 Å². The lowest BCUT2D eigenvalue weighted by atomic mass is 10.1. The van der Waals surface area contributed by atoms with Gasteiger partial charge in [-0.1, -0.05) is 116 Å². The summed E-state index contributed by atoms with van der Waals surface area (Å²) in [7, 11) is -3.40. The first-order chi connectivity index (χ1) is 14.6. The summed E-state index contributed by atoms with van der Waals surface area (Å²) in [5, 5.41) is 0. The smallest absolute Gasteiger partial charge is 0.207 e. The number of sulfonamides is 1. The molecule has 0 N–H and O–H groups in total. The van der Waals surface area contributed by atoms with E-state index >= 15 is 0 Å². The maximum Gasteiger partial charge on any atom is 0.243 e. The fourth-order valence-electron chi connectivity index (χ4n) is 3.89. The molecule has 1 aromatic carbocycles.